The molecule has 2 aromatic rings. The van der Waals surface area contributed by atoms with Crippen LogP contribution in [0, 0.1) is 17.3 Å². The van der Waals surface area contributed by atoms with Crippen molar-refractivity contribution in [2.24, 2.45) is 17.3 Å². The van der Waals surface area contributed by atoms with Crippen LogP contribution in [0.2, 0.25) is 0 Å². The van der Waals surface area contributed by atoms with Crippen LogP contribution in [-0.4, -0.2) is 58.6 Å². The molecule has 8 heteroatoms. The molecule has 1 N–H and O–H groups in total. The first-order valence-electron chi connectivity index (χ1n) is 13.5. The number of aliphatic hydroxyl groups excluding tert-OH is 1. The van der Waals surface area contributed by atoms with Crippen LogP contribution in [0.1, 0.15) is 68.2 Å². The normalized spacial score (nSPS) is 36.4. The van der Waals surface area contributed by atoms with Crippen LogP contribution in [-0.2, 0) is 23.7 Å². The number of hydrogen-bond donors (Lipinski definition) is 1. The molecule has 39 heavy (non-hydrogen) atoms. The summed E-state index contributed by atoms with van der Waals surface area (Å²) in [5.74, 6) is -2.54. The van der Waals surface area contributed by atoms with Gasteiger partial charge in [-0.15, -0.1) is 0 Å². The predicted octanol–water partition coefficient (Wildman–Crippen LogP) is 4.34. The molecule has 2 bridgehead atoms. The van der Waals surface area contributed by atoms with Gasteiger partial charge in [-0.2, -0.15) is 0 Å². The Kier molecular flexibility index (Phi) is 6.84. The average Bonchev–Trinajstić information content (AvgIpc) is 3.12. The molecule has 2 aromatic carbocycles. The summed E-state index contributed by atoms with van der Waals surface area (Å²) in [5, 5.41) is 12.0. The smallest absolute Gasteiger partial charge is 0.338 e. The fourth-order valence-corrected chi connectivity index (χ4v) is 7.48. The maximum absolute atomic E-state index is 13.4. The zero-order chi connectivity index (χ0) is 28.2. The number of hydrogen-bond acceptors (Lipinski definition) is 8. The zero-order valence-electron chi connectivity index (χ0n) is 23.0. The lowest BCUT2D eigenvalue weighted by atomic mass is 9.48. The lowest BCUT2D eigenvalue weighted by Crippen LogP contribution is -2.76. The summed E-state index contributed by atoms with van der Waals surface area (Å²) in [6.07, 6.45) is -2.94. The molecular formula is C31H36O8. The van der Waals surface area contributed by atoms with E-state index in [0.717, 1.165) is 0 Å². The lowest BCUT2D eigenvalue weighted by Gasteiger charge is -2.62. The minimum Gasteiger partial charge on any atom is -0.462 e. The van der Waals surface area contributed by atoms with Gasteiger partial charge in [0.25, 0.3) is 0 Å². The highest BCUT2D eigenvalue weighted by molar-refractivity contribution is 5.90. The van der Waals surface area contributed by atoms with Crippen molar-refractivity contribution in [3.63, 3.8) is 0 Å². The predicted molar refractivity (Wildman–Crippen MR) is 141 cm³/mol. The Labute approximate surface area is 228 Å². The van der Waals surface area contributed by atoms with E-state index in [2.05, 4.69) is 0 Å². The number of ether oxygens (including phenoxy) is 4. The molecule has 8 unspecified atom stereocenters. The quantitative estimate of drug-likeness (QED) is 0.444. The molecule has 0 amide bonds. The summed E-state index contributed by atoms with van der Waals surface area (Å²) in [7, 11) is 0. The number of aliphatic hydroxyl groups is 1. The van der Waals surface area contributed by atoms with Crippen LogP contribution >= 0.6 is 0 Å². The summed E-state index contributed by atoms with van der Waals surface area (Å²) in [6, 6.07) is 17.2. The molecule has 3 fully saturated rings. The number of esters is 3. The first-order chi connectivity index (χ1) is 18.4. The van der Waals surface area contributed by atoms with E-state index in [9.17, 15) is 19.5 Å². The van der Waals surface area contributed by atoms with Crippen molar-refractivity contribution < 1.29 is 38.4 Å². The van der Waals surface area contributed by atoms with Gasteiger partial charge >= 0.3 is 17.9 Å². The van der Waals surface area contributed by atoms with Crippen molar-refractivity contribution in [2.75, 3.05) is 0 Å². The van der Waals surface area contributed by atoms with Gasteiger partial charge in [-0.1, -0.05) is 43.3 Å². The molecule has 3 aliphatic rings. The van der Waals surface area contributed by atoms with Gasteiger partial charge in [0.05, 0.1) is 28.1 Å². The van der Waals surface area contributed by atoms with Crippen molar-refractivity contribution in [3.05, 3.63) is 71.8 Å². The van der Waals surface area contributed by atoms with Crippen molar-refractivity contribution >= 4 is 17.9 Å². The van der Waals surface area contributed by atoms with Gasteiger partial charge in [-0.3, -0.25) is 4.79 Å². The SMILES string of the molecule is CC(=O)OC1CCC(C)C23OC(C)(C)C(C(O)C(OC(=O)c4ccccc4)C12C)C3OC(=O)c1ccccc1. The largest absolute Gasteiger partial charge is 0.462 e. The number of carbonyl (C=O) groups excluding carboxylic acids is 3. The average molecular weight is 537 g/mol. The van der Waals surface area contributed by atoms with Crippen molar-refractivity contribution in [1.29, 1.82) is 0 Å². The van der Waals surface area contributed by atoms with Crippen molar-refractivity contribution in [2.45, 2.75) is 83.1 Å². The molecule has 0 radical (unpaired) electrons. The van der Waals surface area contributed by atoms with Gasteiger partial charge in [-0.05, 0) is 63.8 Å². The highest BCUT2D eigenvalue weighted by Crippen LogP contribution is 2.67. The topological polar surface area (TPSA) is 108 Å². The molecule has 208 valence electrons. The Hall–Kier alpha value is -3.23. The second-order valence-electron chi connectivity index (χ2n) is 11.8. The molecule has 1 aliphatic heterocycles. The molecule has 0 aromatic heterocycles. The van der Waals surface area contributed by atoms with Crippen LogP contribution in [0.25, 0.3) is 0 Å². The molecule has 2 aliphatic carbocycles. The third kappa shape index (κ3) is 4.16. The zero-order valence-corrected chi connectivity index (χ0v) is 23.0. The van der Waals surface area contributed by atoms with Crippen molar-refractivity contribution in [1.82, 2.24) is 0 Å². The monoisotopic (exact) mass is 536 g/mol. The fourth-order valence-electron chi connectivity index (χ4n) is 7.48. The molecule has 2 saturated carbocycles. The van der Waals surface area contributed by atoms with Gasteiger partial charge in [0.1, 0.15) is 30.0 Å². The Bertz CT molecular complexity index is 1240. The highest BCUT2D eigenvalue weighted by atomic mass is 16.6. The van der Waals surface area contributed by atoms with Crippen molar-refractivity contribution in [3.8, 4) is 0 Å². The van der Waals surface area contributed by atoms with Crippen LogP contribution in [0.15, 0.2) is 60.7 Å². The van der Waals surface area contributed by atoms with E-state index in [-0.39, 0.29) is 5.92 Å². The van der Waals surface area contributed by atoms with Gasteiger partial charge < -0.3 is 24.1 Å². The fraction of sp³-hybridized carbons (Fsp3) is 0.516. The minimum atomic E-state index is -1.27. The van der Waals surface area contributed by atoms with E-state index in [4.69, 9.17) is 18.9 Å². The molecule has 8 atom stereocenters. The first kappa shape index (κ1) is 27.3. The Balaban J connectivity index is 1.65. The second kappa shape index (κ2) is 9.75. The summed E-state index contributed by atoms with van der Waals surface area (Å²) in [4.78, 5) is 39.1. The number of fused-ring (bicyclic) bond motifs is 1. The van der Waals surface area contributed by atoms with Gasteiger partial charge in [0.15, 0.2) is 0 Å². The third-order valence-corrected chi connectivity index (χ3v) is 9.15. The van der Waals surface area contributed by atoms with E-state index >= 15 is 0 Å². The number of rotatable bonds is 5. The summed E-state index contributed by atoms with van der Waals surface area (Å²) < 4.78 is 25.2. The highest BCUT2D eigenvalue weighted by Gasteiger charge is 2.81. The van der Waals surface area contributed by atoms with E-state index < -0.39 is 64.9 Å². The van der Waals surface area contributed by atoms with E-state index in [1.807, 2.05) is 33.8 Å². The van der Waals surface area contributed by atoms with Gasteiger partial charge in [-0.25, -0.2) is 9.59 Å². The maximum Gasteiger partial charge on any atom is 0.338 e. The summed E-state index contributed by atoms with van der Waals surface area (Å²) in [5.41, 5.74) is -2.71. The molecular weight excluding hydrogens is 500 g/mol. The standard InChI is InChI=1S/C31H36O8/c1-18-16-17-22(36-19(2)32)30(5)26(38-28(35)21-14-10-7-11-15-21)24(33)23-25(31(18,30)39-29(23,3)4)37-27(34)20-12-8-6-9-13-20/h6-15,18,22-26,33H,16-17H2,1-5H3. The Morgan fingerprint density at radius 1 is 0.821 bits per heavy atom. The van der Waals surface area contributed by atoms with Crippen LogP contribution < -0.4 is 0 Å². The summed E-state index contributed by atoms with van der Waals surface area (Å²) in [6.45, 7) is 8.86. The molecule has 1 saturated heterocycles. The number of benzene rings is 2. The van der Waals surface area contributed by atoms with Gasteiger partial charge in [0, 0.05) is 6.92 Å². The molecule has 1 heterocycles. The molecule has 5 rings (SSSR count). The van der Waals surface area contributed by atoms with Crippen LogP contribution in [0.3, 0.4) is 0 Å². The summed E-state index contributed by atoms with van der Waals surface area (Å²) >= 11 is 0. The maximum atomic E-state index is 13.4. The number of carbonyl (C=O) groups is 3. The minimum absolute atomic E-state index is 0.183. The van der Waals surface area contributed by atoms with E-state index in [1.54, 1.807) is 54.6 Å². The Morgan fingerprint density at radius 2 is 1.33 bits per heavy atom. The Morgan fingerprint density at radius 3 is 1.85 bits per heavy atom. The van der Waals surface area contributed by atoms with E-state index in [0.29, 0.717) is 24.0 Å². The van der Waals surface area contributed by atoms with E-state index in [1.165, 1.54) is 6.92 Å². The lowest BCUT2D eigenvalue weighted by molar-refractivity contribution is -0.295. The first-order valence-corrected chi connectivity index (χ1v) is 13.5. The van der Waals surface area contributed by atoms with Crippen LogP contribution in [0.5, 0.6) is 0 Å². The molecule has 1 spiro atoms. The second-order valence-corrected chi connectivity index (χ2v) is 11.8. The van der Waals surface area contributed by atoms with Crippen LogP contribution in [0.4, 0.5) is 0 Å². The third-order valence-electron chi connectivity index (χ3n) is 9.15. The van der Waals surface area contributed by atoms with Gasteiger partial charge in [0.2, 0.25) is 0 Å². The molecule has 8 nitrogen and oxygen atoms in total.